The number of pyridine rings is 1. The number of aromatic nitrogens is 3. The van der Waals surface area contributed by atoms with Gasteiger partial charge in [-0.05, 0) is 54.6 Å². The number of benzene rings is 1. The monoisotopic (exact) mass is 582 g/mol. The van der Waals surface area contributed by atoms with Crippen molar-refractivity contribution in [1.82, 2.24) is 24.8 Å². The van der Waals surface area contributed by atoms with E-state index in [4.69, 9.17) is 4.98 Å². The van der Waals surface area contributed by atoms with Crippen LogP contribution in [-0.4, -0.2) is 83.5 Å². The highest BCUT2D eigenvalue weighted by atomic mass is 32.3. The third-order valence-corrected chi connectivity index (χ3v) is 10.5. The van der Waals surface area contributed by atoms with E-state index >= 15 is 0 Å². The Morgan fingerprint density at radius 3 is 2.73 bits per heavy atom. The molecule has 212 valence electrons. The first kappa shape index (κ1) is 27.0. The van der Waals surface area contributed by atoms with Crippen molar-refractivity contribution in [1.29, 1.82) is 0 Å². The minimum Gasteiger partial charge on any atom is -0.381 e. The zero-order valence-electron chi connectivity index (χ0n) is 22.6. The molecule has 5 N–H and O–H groups in total. The van der Waals surface area contributed by atoms with Crippen LogP contribution in [0.15, 0.2) is 40.6 Å². The van der Waals surface area contributed by atoms with E-state index in [9.17, 15) is 18.7 Å². The molecule has 2 aliphatic rings. The molecule has 40 heavy (non-hydrogen) atoms. The number of aromatic amines is 2. The number of carbonyl (C=O) groups excluding carboxylic acids is 1. The third-order valence-electron chi connectivity index (χ3n) is 7.80. The highest BCUT2D eigenvalue weighted by Crippen LogP contribution is 2.40. The summed E-state index contributed by atoms with van der Waals surface area (Å²) in [4.78, 5) is 42.3. The maximum absolute atomic E-state index is 13.2. The molecule has 0 bridgehead atoms. The van der Waals surface area contributed by atoms with Gasteiger partial charge in [-0.25, -0.2) is 4.98 Å². The van der Waals surface area contributed by atoms with E-state index < -0.39 is 10.6 Å². The van der Waals surface area contributed by atoms with Crippen molar-refractivity contribution in [3.63, 3.8) is 0 Å². The second-order valence-electron chi connectivity index (χ2n) is 10.8. The molecule has 0 unspecified atom stereocenters. The van der Waals surface area contributed by atoms with E-state index in [-0.39, 0.29) is 17.5 Å². The van der Waals surface area contributed by atoms with Gasteiger partial charge in [0.25, 0.3) is 11.5 Å². The molecule has 4 aromatic rings. The molecule has 10 nitrogen and oxygen atoms in total. The van der Waals surface area contributed by atoms with E-state index in [1.54, 1.807) is 17.5 Å². The summed E-state index contributed by atoms with van der Waals surface area (Å²) >= 11 is 1.74. The van der Waals surface area contributed by atoms with Crippen LogP contribution in [0.3, 0.4) is 0 Å². The van der Waals surface area contributed by atoms with Gasteiger partial charge in [0.05, 0.1) is 28.2 Å². The van der Waals surface area contributed by atoms with Crippen LogP contribution < -0.4 is 10.9 Å². The first-order chi connectivity index (χ1) is 19.2. The normalized spacial score (nSPS) is 18.7. The number of anilines is 1. The van der Waals surface area contributed by atoms with Crippen LogP contribution in [0.1, 0.15) is 33.3 Å². The highest BCUT2D eigenvalue weighted by molar-refractivity contribution is 8.24. The van der Waals surface area contributed by atoms with Crippen LogP contribution in [0, 0.1) is 6.92 Å². The Morgan fingerprint density at radius 1 is 1.18 bits per heavy atom. The van der Waals surface area contributed by atoms with Crippen molar-refractivity contribution < 1.29 is 13.9 Å². The number of nitrogens with one attached hydrogen (secondary N) is 3. The van der Waals surface area contributed by atoms with Gasteiger partial charge in [-0.3, -0.25) is 23.6 Å². The molecule has 5 heterocycles. The molecule has 6 rings (SSSR count). The van der Waals surface area contributed by atoms with Crippen LogP contribution in [0.5, 0.6) is 0 Å². The molecule has 12 heteroatoms. The van der Waals surface area contributed by atoms with E-state index in [2.05, 4.69) is 45.5 Å². The van der Waals surface area contributed by atoms with Crippen LogP contribution in [0.4, 0.5) is 5.69 Å². The van der Waals surface area contributed by atoms with Gasteiger partial charge in [-0.1, -0.05) is 0 Å². The quantitative estimate of drug-likeness (QED) is 0.208. The number of H-pyrrole nitrogens is 2. The second-order valence-corrected chi connectivity index (χ2v) is 14.2. The number of carbonyl (C=O) groups is 1. The Morgan fingerprint density at radius 2 is 1.98 bits per heavy atom. The number of imidazole rings is 1. The number of fused-ring (bicyclic) bond motifs is 2. The zero-order valence-corrected chi connectivity index (χ0v) is 24.2. The van der Waals surface area contributed by atoms with Gasteiger partial charge in [0.15, 0.2) is 0 Å². The topological polar surface area (TPSA) is 138 Å². The fourth-order valence-corrected chi connectivity index (χ4v) is 7.81. The van der Waals surface area contributed by atoms with Crippen LogP contribution in [-0.2, 0) is 13.0 Å². The fraction of sp³-hybridized carbons (Fsp3) is 0.393. The predicted molar refractivity (Wildman–Crippen MR) is 162 cm³/mol. The van der Waals surface area contributed by atoms with Gasteiger partial charge in [0.1, 0.15) is 11.4 Å². The van der Waals surface area contributed by atoms with Gasteiger partial charge < -0.3 is 20.2 Å². The number of hydrogen-bond donors (Lipinski definition) is 5. The smallest absolute Gasteiger partial charge is 0.261 e. The number of amides is 1. The van der Waals surface area contributed by atoms with E-state index in [0.717, 1.165) is 17.5 Å². The first-order valence-corrected chi connectivity index (χ1v) is 16.2. The van der Waals surface area contributed by atoms with Crippen molar-refractivity contribution in [3.05, 3.63) is 67.8 Å². The van der Waals surface area contributed by atoms with Crippen molar-refractivity contribution in [2.24, 2.45) is 0 Å². The van der Waals surface area contributed by atoms with Crippen molar-refractivity contribution >= 4 is 44.6 Å². The highest BCUT2D eigenvalue weighted by Gasteiger charge is 2.30. The number of nitrogens with zero attached hydrogens (tertiary/aromatic N) is 3. The summed E-state index contributed by atoms with van der Waals surface area (Å²) in [6.45, 7) is 7.27. The zero-order chi connectivity index (χ0) is 28.0. The van der Waals surface area contributed by atoms with Gasteiger partial charge in [0.2, 0.25) is 0 Å². The molecule has 0 aliphatic carbocycles. The summed E-state index contributed by atoms with van der Waals surface area (Å²) in [5, 5.41) is 5.59. The molecule has 0 radical (unpaired) electrons. The Labute approximate surface area is 237 Å². The predicted octanol–water partition coefficient (Wildman–Crippen LogP) is 4.35. The van der Waals surface area contributed by atoms with Gasteiger partial charge >= 0.3 is 0 Å². The molecule has 1 saturated heterocycles. The SMILES string of the molecule is Cc1ccsc1C[C@H](C)Nc1cc[nH]c(=O)c1-c1nc2cc3c(cc2[nH]1)CN(CCN1CCS(O)(O)CC1)C3=O. The number of thiophene rings is 1. The van der Waals surface area contributed by atoms with Crippen molar-refractivity contribution in [2.45, 2.75) is 32.9 Å². The molecule has 1 aromatic carbocycles. The van der Waals surface area contributed by atoms with E-state index in [1.165, 1.54) is 10.4 Å². The lowest BCUT2D eigenvalue weighted by atomic mass is 10.1. The lowest BCUT2D eigenvalue weighted by Gasteiger charge is -2.41. The molecule has 3 aromatic heterocycles. The van der Waals surface area contributed by atoms with Gasteiger partial charge in [-0.2, -0.15) is 10.6 Å². The maximum Gasteiger partial charge on any atom is 0.261 e. The van der Waals surface area contributed by atoms with Crippen molar-refractivity contribution in [3.8, 4) is 11.4 Å². The molecule has 2 aliphatic heterocycles. The summed E-state index contributed by atoms with van der Waals surface area (Å²) in [6, 6.07) is 7.86. The molecule has 1 amide bonds. The Balaban J connectivity index is 1.19. The fourth-order valence-electron chi connectivity index (χ4n) is 5.47. The number of aryl methyl sites for hydroxylation is 1. The third kappa shape index (κ3) is 5.41. The Bertz CT molecular complexity index is 1620. The summed E-state index contributed by atoms with van der Waals surface area (Å²) in [6.07, 6.45) is 2.49. The van der Waals surface area contributed by atoms with E-state index in [1.807, 2.05) is 23.1 Å². The van der Waals surface area contributed by atoms with Crippen molar-refractivity contribution in [2.75, 3.05) is 43.0 Å². The molecule has 0 spiro atoms. The van der Waals surface area contributed by atoms with Crippen LogP contribution in [0.2, 0.25) is 0 Å². The van der Waals surface area contributed by atoms with Gasteiger partial charge in [0, 0.05) is 61.8 Å². The second kappa shape index (κ2) is 10.7. The van der Waals surface area contributed by atoms with Crippen LogP contribution in [0.25, 0.3) is 22.4 Å². The van der Waals surface area contributed by atoms with Crippen LogP contribution >= 0.6 is 21.9 Å². The molecule has 1 fully saturated rings. The average Bonchev–Trinajstić information content (AvgIpc) is 3.59. The summed E-state index contributed by atoms with van der Waals surface area (Å²) < 4.78 is 19.7. The number of hydrogen-bond acceptors (Lipinski definition) is 8. The largest absolute Gasteiger partial charge is 0.381 e. The minimum absolute atomic E-state index is 0.0274. The average molecular weight is 583 g/mol. The Kier molecular flexibility index (Phi) is 7.21. The van der Waals surface area contributed by atoms with Gasteiger partial charge in [-0.15, -0.1) is 11.3 Å². The molecule has 1 atom stereocenters. The minimum atomic E-state index is -2.43. The summed E-state index contributed by atoms with van der Waals surface area (Å²) in [5.74, 6) is 1.23. The molecule has 0 saturated carbocycles. The number of rotatable bonds is 8. The van der Waals surface area contributed by atoms with E-state index in [0.29, 0.717) is 72.4 Å². The summed E-state index contributed by atoms with van der Waals surface area (Å²) in [5.41, 5.74) is 5.17. The lowest BCUT2D eigenvalue weighted by Crippen LogP contribution is -2.42. The molecular weight excluding hydrogens is 548 g/mol. The standard InChI is InChI=1S/C28H34N6O4S2/c1-17-4-10-39-24(17)13-18(2)30-21-3-5-29-27(35)25(21)26-31-22-14-19-16-34(28(36)20(19)15-23(22)32-26)7-6-33-8-11-40(37,38)12-9-33/h3-5,10,14-15,18,37-38H,6-9,11-13,16H2,1-2H3,(H,31,32)(H2,29,30,35)/t18-/m0/s1. The first-order valence-electron chi connectivity index (χ1n) is 13.5. The maximum atomic E-state index is 13.2. The lowest BCUT2D eigenvalue weighted by molar-refractivity contribution is 0.0759. The Hall–Kier alpha value is -3.16. The molecular formula is C28H34N6O4S2. The summed E-state index contributed by atoms with van der Waals surface area (Å²) in [7, 11) is -2.43.